The minimum atomic E-state index is -0.326. The van der Waals surface area contributed by atoms with E-state index in [-0.39, 0.29) is 10.6 Å². The lowest BCUT2D eigenvalue weighted by molar-refractivity contribution is -0.421. The van der Waals surface area contributed by atoms with Crippen molar-refractivity contribution in [1.82, 2.24) is 9.80 Å². The van der Waals surface area contributed by atoms with Gasteiger partial charge in [-0.15, -0.1) is 0 Å². The molecule has 0 atom stereocenters. The normalized spacial score (nSPS) is 13.1. The van der Waals surface area contributed by atoms with E-state index in [1.807, 2.05) is 43.9 Å². The molecule has 0 saturated heterocycles. The first kappa shape index (κ1) is 15.6. The lowest BCUT2D eigenvalue weighted by Gasteiger charge is -2.17. The number of allylic oxidation sites excluding steroid dienone is 2. The molecule has 0 aromatic heterocycles. The molecule has 98 valence electrons. The fraction of sp³-hybridized carbons (Fsp3) is 0.667. The molecule has 0 fully saturated rings. The first-order valence-electron chi connectivity index (χ1n) is 5.76. The predicted molar refractivity (Wildman–Crippen MR) is 70.3 cm³/mol. The zero-order chi connectivity index (χ0) is 13.4. The predicted octanol–water partition coefficient (Wildman–Crippen LogP) is 1.95. The maximum Gasteiger partial charge on any atom is 0.287 e. The van der Waals surface area contributed by atoms with Crippen molar-refractivity contribution in [2.75, 3.05) is 34.2 Å². The molecule has 0 unspecified atom stereocenters. The Morgan fingerprint density at radius 1 is 1.29 bits per heavy atom. The highest BCUT2D eigenvalue weighted by atomic mass is 16.6. The summed E-state index contributed by atoms with van der Waals surface area (Å²) in [4.78, 5) is 14.5. The lowest BCUT2D eigenvalue weighted by Crippen LogP contribution is -2.26. The van der Waals surface area contributed by atoms with Gasteiger partial charge in [-0.25, -0.2) is 0 Å². The summed E-state index contributed by atoms with van der Waals surface area (Å²) in [5.74, 6) is 0. The van der Waals surface area contributed by atoms with Crippen LogP contribution in [0.4, 0.5) is 0 Å². The van der Waals surface area contributed by atoms with Crippen LogP contribution in [0.15, 0.2) is 23.5 Å². The van der Waals surface area contributed by atoms with Crippen molar-refractivity contribution in [3.05, 3.63) is 33.7 Å². The maximum atomic E-state index is 10.9. The van der Waals surface area contributed by atoms with Crippen LogP contribution < -0.4 is 0 Å². The molecule has 0 spiro atoms. The first-order chi connectivity index (χ1) is 7.88. The Balaban J connectivity index is 4.70. The SMILES string of the molecule is CC/C=C(C)/C(=C\N(C)CCN(C)C)[N+](=O)[O-]. The molecule has 0 aliphatic heterocycles. The zero-order valence-corrected chi connectivity index (χ0v) is 11.4. The summed E-state index contributed by atoms with van der Waals surface area (Å²) >= 11 is 0. The van der Waals surface area contributed by atoms with Crippen LogP contribution in [0.5, 0.6) is 0 Å². The Bertz CT molecular complexity index is 309. The second kappa shape index (κ2) is 7.84. The Hall–Kier alpha value is -1.36. The fourth-order valence-corrected chi connectivity index (χ4v) is 1.33. The van der Waals surface area contributed by atoms with Crippen molar-refractivity contribution in [1.29, 1.82) is 0 Å². The molecule has 5 heteroatoms. The minimum absolute atomic E-state index is 0.174. The van der Waals surface area contributed by atoms with E-state index in [1.165, 1.54) is 0 Å². The molecule has 0 aromatic carbocycles. The maximum absolute atomic E-state index is 10.9. The third-order valence-electron chi connectivity index (χ3n) is 2.35. The van der Waals surface area contributed by atoms with E-state index in [9.17, 15) is 10.1 Å². The van der Waals surface area contributed by atoms with E-state index in [1.54, 1.807) is 13.1 Å². The van der Waals surface area contributed by atoms with Crippen LogP contribution in [0.2, 0.25) is 0 Å². The summed E-state index contributed by atoms with van der Waals surface area (Å²) in [5.41, 5.74) is 0.891. The fourth-order valence-electron chi connectivity index (χ4n) is 1.33. The highest BCUT2D eigenvalue weighted by molar-refractivity contribution is 5.22. The van der Waals surface area contributed by atoms with Crippen LogP contribution in [-0.4, -0.2) is 49.0 Å². The molecular formula is C12H23N3O2. The molecule has 0 bridgehead atoms. The van der Waals surface area contributed by atoms with E-state index in [0.29, 0.717) is 5.57 Å². The van der Waals surface area contributed by atoms with E-state index < -0.39 is 0 Å². The van der Waals surface area contributed by atoms with Crippen LogP contribution in [0.3, 0.4) is 0 Å². The van der Waals surface area contributed by atoms with Crippen molar-refractivity contribution in [3.8, 4) is 0 Å². The molecule has 0 aromatic rings. The Morgan fingerprint density at radius 3 is 2.29 bits per heavy atom. The molecular weight excluding hydrogens is 218 g/mol. The Morgan fingerprint density at radius 2 is 1.88 bits per heavy atom. The highest BCUT2D eigenvalue weighted by Gasteiger charge is 2.13. The smallest absolute Gasteiger partial charge is 0.287 e. The van der Waals surface area contributed by atoms with Crippen LogP contribution in [-0.2, 0) is 0 Å². The van der Waals surface area contributed by atoms with Crippen molar-refractivity contribution in [2.45, 2.75) is 20.3 Å². The van der Waals surface area contributed by atoms with Gasteiger partial charge in [-0.05, 0) is 27.4 Å². The van der Waals surface area contributed by atoms with Gasteiger partial charge in [0.05, 0.1) is 11.1 Å². The van der Waals surface area contributed by atoms with Gasteiger partial charge < -0.3 is 9.80 Å². The molecule has 0 radical (unpaired) electrons. The average Bonchev–Trinajstić information content (AvgIpc) is 2.22. The van der Waals surface area contributed by atoms with Gasteiger partial charge >= 0.3 is 0 Å². The number of nitro groups is 1. The monoisotopic (exact) mass is 241 g/mol. The second-order valence-corrected chi connectivity index (χ2v) is 4.35. The van der Waals surface area contributed by atoms with Crippen LogP contribution in [0.25, 0.3) is 0 Å². The molecule has 5 nitrogen and oxygen atoms in total. The van der Waals surface area contributed by atoms with E-state index >= 15 is 0 Å². The van der Waals surface area contributed by atoms with E-state index in [2.05, 4.69) is 0 Å². The molecule has 0 saturated carbocycles. The second-order valence-electron chi connectivity index (χ2n) is 4.35. The summed E-state index contributed by atoms with van der Waals surface area (Å²) in [5, 5.41) is 10.9. The largest absolute Gasteiger partial charge is 0.374 e. The number of rotatable bonds is 7. The number of hydrogen-bond acceptors (Lipinski definition) is 4. The molecule has 0 heterocycles. The zero-order valence-electron chi connectivity index (χ0n) is 11.4. The van der Waals surface area contributed by atoms with Gasteiger partial charge in [0.25, 0.3) is 5.70 Å². The summed E-state index contributed by atoms with van der Waals surface area (Å²) in [6.07, 6.45) is 4.28. The Kier molecular flexibility index (Phi) is 7.21. The topological polar surface area (TPSA) is 49.6 Å². The molecule has 0 rings (SSSR count). The van der Waals surface area contributed by atoms with Crippen molar-refractivity contribution < 1.29 is 4.92 Å². The van der Waals surface area contributed by atoms with Gasteiger partial charge in [0.2, 0.25) is 0 Å². The summed E-state index contributed by atoms with van der Waals surface area (Å²) in [6, 6.07) is 0. The van der Waals surface area contributed by atoms with Gasteiger partial charge in [-0.3, -0.25) is 10.1 Å². The van der Waals surface area contributed by atoms with Crippen molar-refractivity contribution in [2.24, 2.45) is 0 Å². The van der Waals surface area contributed by atoms with E-state index in [0.717, 1.165) is 19.5 Å². The van der Waals surface area contributed by atoms with Gasteiger partial charge in [0.15, 0.2) is 0 Å². The van der Waals surface area contributed by atoms with Crippen LogP contribution >= 0.6 is 0 Å². The quantitative estimate of drug-likeness (QED) is 0.388. The van der Waals surface area contributed by atoms with Gasteiger partial charge in [-0.2, -0.15) is 0 Å². The molecule has 0 aliphatic rings. The van der Waals surface area contributed by atoms with Gasteiger partial charge in [-0.1, -0.05) is 13.0 Å². The summed E-state index contributed by atoms with van der Waals surface area (Å²) in [6.45, 7) is 5.38. The molecule has 0 N–H and O–H groups in total. The molecule has 0 aliphatic carbocycles. The van der Waals surface area contributed by atoms with Crippen molar-refractivity contribution >= 4 is 0 Å². The first-order valence-corrected chi connectivity index (χ1v) is 5.76. The lowest BCUT2D eigenvalue weighted by atomic mass is 10.2. The van der Waals surface area contributed by atoms with E-state index in [4.69, 9.17) is 0 Å². The van der Waals surface area contributed by atoms with Gasteiger partial charge in [0.1, 0.15) is 0 Å². The van der Waals surface area contributed by atoms with Crippen molar-refractivity contribution in [3.63, 3.8) is 0 Å². The van der Waals surface area contributed by atoms with Gasteiger partial charge in [0, 0.05) is 25.7 Å². The number of nitrogens with zero attached hydrogens (tertiary/aromatic N) is 3. The van der Waals surface area contributed by atoms with Crippen LogP contribution in [0.1, 0.15) is 20.3 Å². The number of likely N-dealkylation sites (N-methyl/N-ethyl adjacent to an activating group) is 2. The Labute approximate surface area is 104 Å². The number of hydrogen-bond donors (Lipinski definition) is 0. The molecule has 0 amide bonds. The third-order valence-corrected chi connectivity index (χ3v) is 2.35. The summed E-state index contributed by atoms with van der Waals surface area (Å²) in [7, 11) is 5.81. The summed E-state index contributed by atoms with van der Waals surface area (Å²) < 4.78 is 0. The standard InChI is InChI=1S/C12H23N3O2/c1-6-7-11(2)12(15(16)17)10-14(5)9-8-13(3)4/h7,10H,6,8-9H2,1-5H3/b11-7+,12-10+. The third kappa shape index (κ3) is 6.73. The van der Waals surface area contributed by atoms with Crippen LogP contribution in [0, 0.1) is 10.1 Å². The average molecular weight is 241 g/mol. The highest BCUT2D eigenvalue weighted by Crippen LogP contribution is 2.11. The molecule has 17 heavy (non-hydrogen) atoms. The minimum Gasteiger partial charge on any atom is -0.374 e.